The summed E-state index contributed by atoms with van der Waals surface area (Å²) >= 11 is 3.62. The van der Waals surface area contributed by atoms with Crippen LogP contribution in [0.25, 0.3) is 0 Å². The monoisotopic (exact) mass is 343 g/mol. The van der Waals surface area contributed by atoms with Crippen molar-refractivity contribution in [2.24, 2.45) is 0 Å². The second-order valence-electron chi connectivity index (χ2n) is 5.18. The van der Waals surface area contributed by atoms with Crippen molar-refractivity contribution in [3.05, 3.63) is 22.2 Å². The van der Waals surface area contributed by atoms with Gasteiger partial charge < -0.3 is 14.8 Å². The Labute approximate surface area is 131 Å². The maximum Gasteiger partial charge on any atom is 0.162 e. The first kappa shape index (κ1) is 17.3. The summed E-state index contributed by atoms with van der Waals surface area (Å²) in [5.41, 5.74) is 1.19. The van der Waals surface area contributed by atoms with Crippen LogP contribution in [0.2, 0.25) is 0 Å². The van der Waals surface area contributed by atoms with Crippen LogP contribution in [-0.2, 0) is 6.54 Å². The minimum Gasteiger partial charge on any atom is -0.490 e. The molecule has 1 rings (SSSR count). The van der Waals surface area contributed by atoms with Crippen molar-refractivity contribution < 1.29 is 9.47 Å². The zero-order valence-corrected chi connectivity index (χ0v) is 14.7. The molecule has 1 atom stereocenters. The van der Waals surface area contributed by atoms with Gasteiger partial charge in [-0.05, 0) is 51.8 Å². The summed E-state index contributed by atoms with van der Waals surface area (Å²) < 4.78 is 12.5. The van der Waals surface area contributed by atoms with Crippen LogP contribution in [0, 0.1) is 0 Å². The summed E-state index contributed by atoms with van der Waals surface area (Å²) in [6.45, 7) is 11.8. The second-order valence-corrected chi connectivity index (χ2v) is 6.03. The average Bonchev–Trinajstić information content (AvgIpc) is 2.39. The molecule has 0 heterocycles. The van der Waals surface area contributed by atoms with Gasteiger partial charge in [-0.1, -0.05) is 22.9 Å². The maximum atomic E-state index is 5.81. The fraction of sp³-hybridized carbons (Fsp3) is 0.625. The molecule has 0 aliphatic carbocycles. The van der Waals surface area contributed by atoms with Gasteiger partial charge in [0.15, 0.2) is 11.5 Å². The Bertz CT molecular complexity index is 421. The van der Waals surface area contributed by atoms with Gasteiger partial charge in [0.1, 0.15) is 0 Å². The van der Waals surface area contributed by atoms with E-state index < -0.39 is 0 Å². The third-order valence-electron chi connectivity index (χ3n) is 3.03. The molecule has 0 radical (unpaired) electrons. The van der Waals surface area contributed by atoms with E-state index in [0.717, 1.165) is 28.9 Å². The summed E-state index contributed by atoms with van der Waals surface area (Å²) in [6.07, 6.45) is 1.25. The molecule has 0 bridgehead atoms. The fourth-order valence-corrected chi connectivity index (χ4v) is 2.22. The van der Waals surface area contributed by atoms with E-state index in [2.05, 4.69) is 41.2 Å². The van der Waals surface area contributed by atoms with Crippen molar-refractivity contribution in [2.45, 2.75) is 59.7 Å². The van der Waals surface area contributed by atoms with E-state index in [0.29, 0.717) is 12.6 Å². The molecule has 0 saturated carbocycles. The first-order chi connectivity index (χ1) is 9.47. The summed E-state index contributed by atoms with van der Waals surface area (Å²) in [6, 6.07) is 4.56. The Morgan fingerprint density at radius 1 is 1.15 bits per heavy atom. The molecule has 1 aromatic rings. The summed E-state index contributed by atoms with van der Waals surface area (Å²) in [4.78, 5) is 0. The molecular formula is C16H26BrNO2. The highest BCUT2D eigenvalue weighted by Crippen LogP contribution is 2.34. The van der Waals surface area contributed by atoms with E-state index in [1.165, 1.54) is 5.56 Å². The molecule has 114 valence electrons. The molecule has 0 fully saturated rings. The molecule has 0 spiro atoms. The molecule has 1 N–H and O–H groups in total. The molecule has 0 aliphatic rings. The van der Waals surface area contributed by atoms with Gasteiger partial charge >= 0.3 is 0 Å². The molecule has 4 heteroatoms. The number of hydrogen-bond acceptors (Lipinski definition) is 3. The molecule has 3 nitrogen and oxygen atoms in total. The highest BCUT2D eigenvalue weighted by atomic mass is 79.9. The lowest BCUT2D eigenvalue weighted by molar-refractivity contribution is 0.223. The smallest absolute Gasteiger partial charge is 0.162 e. The van der Waals surface area contributed by atoms with E-state index in [1.807, 2.05) is 26.8 Å². The predicted molar refractivity (Wildman–Crippen MR) is 87.7 cm³/mol. The zero-order chi connectivity index (χ0) is 15.1. The van der Waals surface area contributed by atoms with Gasteiger partial charge in [0.25, 0.3) is 0 Å². The van der Waals surface area contributed by atoms with Crippen molar-refractivity contribution in [1.82, 2.24) is 5.32 Å². The lowest BCUT2D eigenvalue weighted by atomic mass is 10.1. The van der Waals surface area contributed by atoms with E-state index in [1.54, 1.807) is 0 Å². The Hall–Kier alpha value is -0.740. The largest absolute Gasteiger partial charge is 0.490 e. The second kappa shape index (κ2) is 8.53. The molecule has 20 heavy (non-hydrogen) atoms. The van der Waals surface area contributed by atoms with Crippen LogP contribution in [-0.4, -0.2) is 18.8 Å². The minimum absolute atomic E-state index is 0.130. The Morgan fingerprint density at radius 2 is 1.85 bits per heavy atom. The number of benzene rings is 1. The first-order valence-corrected chi connectivity index (χ1v) is 8.12. The highest BCUT2D eigenvalue weighted by Gasteiger charge is 2.12. The predicted octanol–water partition coefficient (Wildman–Crippen LogP) is 4.52. The Morgan fingerprint density at radius 3 is 2.40 bits per heavy atom. The maximum absolute atomic E-state index is 5.81. The lowest BCUT2D eigenvalue weighted by Crippen LogP contribution is -2.24. The minimum atomic E-state index is 0.130. The summed E-state index contributed by atoms with van der Waals surface area (Å²) in [5.74, 6) is 1.60. The number of halogens is 1. The van der Waals surface area contributed by atoms with E-state index in [9.17, 15) is 0 Å². The topological polar surface area (TPSA) is 30.5 Å². The summed E-state index contributed by atoms with van der Waals surface area (Å²) in [5, 5.41) is 3.49. The van der Waals surface area contributed by atoms with Gasteiger partial charge in [-0.15, -0.1) is 0 Å². The van der Waals surface area contributed by atoms with Gasteiger partial charge in [-0.25, -0.2) is 0 Å². The third kappa shape index (κ3) is 5.33. The molecule has 0 aliphatic heterocycles. The fourth-order valence-electron chi connectivity index (χ4n) is 1.76. The van der Waals surface area contributed by atoms with Crippen molar-refractivity contribution in [2.75, 3.05) is 6.61 Å². The standard InChI is InChI=1S/C16H26BrNO2/c1-6-12(5)18-10-13-8-15(19-7-2)16(9-14(13)17)20-11(3)4/h8-9,11-12,18H,6-7,10H2,1-5H3. The lowest BCUT2D eigenvalue weighted by Gasteiger charge is -2.18. The van der Waals surface area contributed by atoms with Crippen LogP contribution in [0.15, 0.2) is 16.6 Å². The van der Waals surface area contributed by atoms with Crippen LogP contribution < -0.4 is 14.8 Å². The molecule has 0 aromatic heterocycles. The first-order valence-electron chi connectivity index (χ1n) is 7.33. The van der Waals surface area contributed by atoms with Crippen LogP contribution in [0.5, 0.6) is 11.5 Å². The average molecular weight is 344 g/mol. The molecule has 1 unspecified atom stereocenters. The van der Waals surface area contributed by atoms with Crippen molar-refractivity contribution in [1.29, 1.82) is 0 Å². The summed E-state index contributed by atoms with van der Waals surface area (Å²) in [7, 11) is 0. The SMILES string of the molecule is CCOc1cc(CNC(C)CC)c(Br)cc1OC(C)C. The van der Waals surface area contributed by atoms with Crippen LogP contribution >= 0.6 is 15.9 Å². The van der Waals surface area contributed by atoms with Crippen LogP contribution in [0.1, 0.15) is 46.6 Å². The van der Waals surface area contributed by atoms with Gasteiger partial charge in [0.2, 0.25) is 0 Å². The third-order valence-corrected chi connectivity index (χ3v) is 3.77. The molecule has 0 amide bonds. The van der Waals surface area contributed by atoms with Gasteiger partial charge in [0.05, 0.1) is 12.7 Å². The normalized spacial score (nSPS) is 12.6. The van der Waals surface area contributed by atoms with E-state index in [4.69, 9.17) is 9.47 Å². The van der Waals surface area contributed by atoms with Gasteiger partial charge in [-0.2, -0.15) is 0 Å². The number of hydrogen-bond donors (Lipinski definition) is 1. The molecular weight excluding hydrogens is 318 g/mol. The highest BCUT2D eigenvalue weighted by molar-refractivity contribution is 9.10. The van der Waals surface area contributed by atoms with E-state index in [-0.39, 0.29) is 6.10 Å². The number of rotatable bonds is 8. The zero-order valence-electron chi connectivity index (χ0n) is 13.1. The Balaban J connectivity index is 2.93. The van der Waals surface area contributed by atoms with Crippen molar-refractivity contribution in [3.63, 3.8) is 0 Å². The van der Waals surface area contributed by atoms with Crippen molar-refractivity contribution in [3.8, 4) is 11.5 Å². The van der Waals surface area contributed by atoms with Crippen LogP contribution in [0.4, 0.5) is 0 Å². The van der Waals surface area contributed by atoms with Gasteiger partial charge in [0, 0.05) is 17.1 Å². The van der Waals surface area contributed by atoms with Crippen LogP contribution in [0.3, 0.4) is 0 Å². The molecule has 1 aromatic carbocycles. The van der Waals surface area contributed by atoms with Crippen molar-refractivity contribution >= 4 is 15.9 Å². The Kier molecular flexibility index (Phi) is 7.38. The van der Waals surface area contributed by atoms with Gasteiger partial charge in [-0.3, -0.25) is 0 Å². The number of ether oxygens (including phenoxy) is 2. The van der Waals surface area contributed by atoms with E-state index >= 15 is 0 Å². The quantitative estimate of drug-likeness (QED) is 0.752. The number of nitrogens with one attached hydrogen (secondary N) is 1. The molecule has 0 saturated heterocycles.